The first kappa shape index (κ1) is 12.3. The van der Waals surface area contributed by atoms with Crippen molar-refractivity contribution in [1.82, 2.24) is 5.32 Å². The Hall–Kier alpha value is -1.12. The van der Waals surface area contributed by atoms with Crippen LogP contribution in [0.3, 0.4) is 0 Å². The van der Waals surface area contributed by atoms with Crippen LogP contribution in [0, 0.1) is 6.92 Å². The van der Waals surface area contributed by atoms with Crippen LogP contribution in [0.1, 0.15) is 23.8 Å². The number of aryl methyl sites for hydroxylation is 1. The lowest BCUT2D eigenvalue weighted by Gasteiger charge is -2.04. The van der Waals surface area contributed by atoms with Gasteiger partial charge in [0.05, 0.1) is 0 Å². The van der Waals surface area contributed by atoms with Crippen molar-refractivity contribution in [3.8, 4) is 10.4 Å². The molecule has 0 spiro atoms. The average Bonchev–Trinajstić information content (AvgIpc) is 2.77. The summed E-state index contributed by atoms with van der Waals surface area (Å²) in [5, 5.41) is 3.42. The first-order chi connectivity index (χ1) is 8.29. The van der Waals surface area contributed by atoms with Gasteiger partial charge in [0.1, 0.15) is 0 Å². The van der Waals surface area contributed by atoms with E-state index in [1.54, 1.807) is 0 Å². The molecule has 0 saturated carbocycles. The predicted molar refractivity (Wildman–Crippen MR) is 76.5 cm³/mol. The molecule has 0 aliphatic heterocycles. The zero-order valence-corrected chi connectivity index (χ0v) is 11.3. The topological polar surface area (TPSA) is 12.0 Å². The van der Waals surface area contributed by atoms with Gasteiger partial charge in [-0.25, -0.2) is 0 Å². The molecule has 0 unspecified atom stereocenters. The van der Waals surface area contributed by atoms with Gasteiger partial charge in [0.2, 0.25) is 0 Å². The largest absolute Gasteiger partial charge is 0.313 e. The summed E-state index contributed by atoms with van der Waals surface area (Å²) in [5.41, 5.74) is 2.68. The van der Waals surface area contributed by atoms with Crippen LogP contribution in [0.2, 0.25) is 0 Å². The van der Waals surface area contributed by atoms with E-state index in [1.807, 2.05) is 11.3 Å². The number of nitrogens with one attached hydrogen (secondary N) is 1. The molecular formula is C15H19NS. The third-order valence-corrected chi connectivity index (χ3v) is 3.78. The average molecular weight is 245 g/mol. The maximum Gasteiger partial charge on any atom is 0.0345 e. The van der Waals surface area contributed by atoms with Crippen molar-refractivity contribution in [2.24, 2.45) is 0 Å². The van der Waals surface area contributed by atoms with E-state index in [1.165, 1.54) is 27.3 Å². The molecule has 0 atom stereocenters. The number of rotatable bonds is 5. The maximum absolute atomic E-state index is 3.42. The van der Waals surface area contributed by atoms with E-state index in [-0.39, 0.29) is 0 Å². The Morgan fingerprint density at radius 2 is 1.82 bits per heavy atom. The highest BCUT2D eigenvalue weighted by Gasteiger charge is 2.00. The Morgan fingerprint density at radius 3 is 2.41 bits per heavy atom. The molecule has 1 aromatic heterocycles. The van der Waals surface area contributed by atoms with E-state index in [0.717, 1.165) is 13.1 Å². The Balaban J connectivity index is 2.02. The minimum Gasteiger partial charge on any atom is -0.313 e. The van der Waals surface area contributed by atoms with Crippen LogP contribution in [0.4, 0.5) is 0 Å². The quantitative estimate of drug-likeness (QED) is 0.778. The van der Waals surface area contributed by atoms with Gasteiger partial charge in [-0.2, -0.15) is 0 Å². The molecule has 1 nitrogen and oxygen atoms in total. The normalized spacial score (nSPS) is 10.7. The smallest absolute Gasteiger partial charge is 0.0345 e. The summed E-state index contributed by atoms with van der Waals surface area (Å²) in [5.74, 6) is 0. The molecule has 0 bridgehead atoms. The van der Waals surface area contributed by atoms with Gasteiger partial charge in [-0.15, -0.1) is 11.3 Å². The number of hydrogen-bond donors (Lipinski definition) is 1. The van der Waals surface area contributed by atoms with Crippen LogP contribution in [0.25, 0.3) is 10.4 Å². The summed E-state index contributed by atoms with van der Waals surface area (Å²) in [4.78, 5) is 2.73. The van der Waals surface area contributed by atoms with E-state index in [0.29, 0.717) is 0 Å². The van der Waals surface area contributed by atoms with Gasteiger partial charge >= 0.3 is 0 Å². The molecule has 0 fully saturated rings. The van der Waals surface area contributed by atoms with E-state index in [2.05, 4.69) is 55.6 Å². The van der Waals surface area contributed by atoms with Gasteiger partial charge in [-0.3, -0.25) is 0 Å². The Kier molecular flexibility index (Phi) is 4.35. The summed E-state index contributed by atoms with van der Waals surface area (Å²) in [6.45, 7) is 6.40. The lowest BCUT2D eigenvalue weighted by Crippen LogP contribution is -2.13. The second-order valence-electron chi connectivity index (χ2n) is 4.28. The van der Waals surface area contributed by atoms with E-state index < -0.39 is 0 Å². The second kappa shape index (κ2) is 5.99. The standard InChI is InChI=1S/C15H19NS/c1-3-10-16-11-13-5-7-14(8-6-13)15-9-4-12(2)17-15/h4-9,16H,3,10-11H2,1-2H3. The van der Waals surface area contributed by atoms with Gasteiger partial charge < -0.3 is 5.32 Å². The van der Waals surface area contributed by atoms with Crippen molar-refractivity contribution in [2.75, 3.05) is 6.54 Å². The fourth-order valence-electron chi connectivity index (χ4n) is 1.79. The molecule has 2 rings (SSSR count). The van der Waals surface area contributed by atoms with Crippen molar-refractivity contribution in [3.05, 3.63) is 46.8 Å². The molecule has 0 saturated heterocycles. The Bertz CT molecular complexity index is 456. The van der Waals surface area contributed by atoms with Crippen LogP contribution >= 0.6 is 11.3 Å². The SMILES string of the molecule is CCCNCc1ccc(-c2ccc(C)s2)cc1. The molecule has 2 aromatic rings. The molecule has 0 amide bonds. The molecule has 1 heterocycles. The van der Waals surface area contributed by atoms with Crippen LogP contribution in [-0.2, 0) is 6.54 Å². The number of thiophene rings is 1. The molecule has 0 aliphatic rings. The first-order valence-electron chi connectivity index (χ1n) is 6.16. The fraction of sp³-hybridized carbons (Fsp3) is 0.333. The monoisotopic (exact) mass is 245 g/mol. The van der Waals surface area contributed by atoms with E-state index in [9.17, 15) is 0 Å². The van der Waals surface area contributed by atoms with E-state index in [4.69, 9.17) is 0 Å². The highest BCUT2D eigenvalue weighted by Crippen LogP contribution is 2.27. The van der Waals surface area contributed by atoms with Crippen LogP contribution in [0.5, 0.6) is 0 Å². The Morgan fingerprint density at radius 1 is 1.06 bits per heavy atom. The zero-order chi connectivity index (χ0) is 12.1. The first-order valence-corrected chi connectivity index (χ1v) is 6.97. The van der Waals surface area contributed by atoms with Gasteiger partial charge in [0.15, 0.2) is 0 Å². The Labute approximate surface area is 108 Å². The minimum atomic E-state index is 0.970. The predicted octanol–water partition coefficient (Wildman–Crippen LogP) is 4.22. The minimum absolute atomic E-state index is 0.970. The summed E-state index contributed by atoms with van der Waals surface area (Å²) < 4.78 is 0. The molecule has 0 aliphatic carbocycles. The van der Waals surface area contributed by atoms with Crippen LogP contribution < -0.4 is 5.32 Å². The van der Waals surface area contributed by atoms with Gasteiger partial charge in [0.25, 0.3) is 0 Å². The van der Waals surface area contributed by atoms with Crippen LogP contribution in [0.15, 0.2) is 36.4 Å². The lowest BCUT2D eigenvalue weighted by molar-refractivity contribution is 0.675. The molecule has 17 heavy (non-hydrogen) atoms. The summed E-state index contributed by atoms with van der Waals surface area (Å²) in [7, 11) is 0. The highest BCUT2D eigenvalue weighted by atomic mass is 32.1. The van der Waals surface area contributed by atoms with Gasteiger partial charge in [-0.1, -0.05) is 31.2 Å². The van der Waals surface area contributed by atoms with Gasteiger partial charge in [0, 0.05) is 16.3 Å². The number of benzene rings is 1. The van der Waals surface area contributed by atoms with Crippen LogP contribution in [-0.4, -0.2) is 6.54 Å². The summed E-state index contributed by atoms with van der Waals surface area (Å²) in [6.07, 6.45) is 1.19. The van der Waals surface area contributed by atoms with E-state index >= 15 is 0 Å². The molecular weight excluding hydrogens is 226 g/mol. The zero-order valence-electron chi connectivity index (χ0n) is 10.5. The summed E-state index contributed by atoms with van der Waals surface area (Å²) in [6, 6.07) is 13.2. The summed E-state index contributed by atoms with van der Waals surface area (Å²) >= 11 is 1.85. The third kappa shape index (κ3) is 3.42. The van der Waals surface area contributed by atoms with Crippen molar-refractivity contribution in [3.63, 3.8) is 0 Å². The highest BCUT2D eigenvalue weighted by molar-refractivity contribution is 7.15. The number of hydrogen-bond acceptors (Lipinski definition) is 2. The lowest BCUT2D eigenvalue weighted by atomic mass is 10.1. The molecule has 1 N–H and O–H groups in total. The maximum atomic E-state index is 3.42. The molecule has 2 heteroatoms. The molecule has 0 radical (unpaired) electrons. The fourth-order valence-corrected chi connectivity index (χ4v) is 2.66. The van der Waals surface area contributed by atoms with Crippen molar-refractivity contribution in [1.29, 1.82) is 0 Å². The second-order valence-corrected chi connectivity index (χ2v) is 5.57. The van der Waals surface area contributed by atoms with Crippen molar-refractivity contribution in [2.45, 2.75) is 26.8 Å². The third-order valence-electron chi connectivity index (χ3n) is 2.73. The molecule has 90 valence electrons. The van der Waals surface area contributed by atoms with Crippen molar-refractivity contribution >= 4 is 11.3 Å². The molecule has 1 aromatic carbocycles. The van der Waals surface area contributed by atoms with Gasteiger partial charge in [-0.05, 0) is 43.1 Å². The van der Waals surface area contributed by atoms with Crippen molar-refractivity contribution < 1.29 is 0 Å².